The van der Waals surface area contributed by atoms with Gasteiger partial charge in [-0.1, -0.05) is 42.5 Å². The van der Waals surface area contributed by atoms with Gasteiger partial charge in [0.25, 0.3) is 5.56 Å². The van der Waals surface area contributed by atoms with Gasteiger partial charge in [-0.15, -0.1) is 11.8 Å². The summed E-state index contributed by atoms with van der Waals surface area (Å²) in [7, 11) is 0. The van der Waals surface area contributed by atoms with Crippen LogP contribution in [-0.4, -0.2) is 21.2 Å². The molecule has 0 radical (unpaired) electrons. The van der Waals surface area contributed by atoms with Crippen LogP contribution in [0.25, 0.3) is 10.8 Å². The standard InChI is InChI=1S/C27H22FN3O2S/c28-23-14-20(10-11-29-23)30-26(33)22-15-34-27-25(17-8-9-17)19(13-24(32)31(22)27)12-18-6-3-5-16-4-1-2-7-21(16)18/h1-7,10-11,13-14,17,22H,8-9,12,15H2,(H,29,30,33)/t22-/m0/s1. The van der Waals surface area contributed by atoms with E-state index in [4.69, 9.17) is 0 Å². The van der Waals surface area contributed by atoms with Gasteiger partial charge in [0.15, 0.2) is 0 Å². The third-order valence-electron chi connectivity index (χ3n) is 6.56. The first kappa shape index (κ1) is 21.1. The Labute approximate surface area is 200 Å². The lowest BCUT2D eigenvalue weighted by molar-refractivity contribution is -0.118. The van der Waals surface area contributed by atoms with E-state index in [-0.39, 0.29) is 11.5 Å². The summed E-state index contributed by atoms with van der Waals surface area (Å²) in [5, 5.41) is 6.03. The predicted octanol–water partition coefficient (Wildman–Crippen LogP) is 5.29. The number of hydrogen-bond donors (Lipinski definition) is 1. The maximum Gasteiger partial charge on any atom is 0.252 e. The van der Waals surface area contributed by atoms with Crippen molar-refractivity contribution in [2.24, 2.45) is 0 Å². The summed E-state index contributed by atoms with van der Waals surface area (Å²) in [5.74, 6) is -0.0743. The Morgan fingerprint density at radius 3 is 2.74 bits per heavy atom. The van der Waals surface area contributed by atoms with Crippen molar-refractivity contribution in [3.8, 4) is 0 Å². The van der Waals surface area contributed by atoms with E-state index in [0.29, 0.717) is 23.8 Å². The molecule has 0 bridgehead atoms. The Morgan fingerprint density at radius 2 is 1.91 bits per heavy atom. The number of carbonyl (C=O) groups is 1. The minimum Gasteiger partial charge on any atom is -0.324 e. The number of nitrogens with one attached hydrogen (secondary N) is 1. The minimum atomic E-state index is -0.662. The number of thioether (sulfide) groups is 1. The van der Waals surface area contributed by atoms with Gasteiger partial charge >= 0.3 is 0 Å². The summed E-state index contributed by atoms with van der Waals surface area (Å²) in [6.07, 6.45) is 4.19. The zero-order chi connectivity index (χ0) is 23.2. The van der Waals surface area contributed by atoms with Crippen molar-refractivity contribution in [1.82, 2.24) is 9.55 Å². The highest BCUT2D eigenvalue weighted by Crippen LogP contribution is 2.48. The largest absolute Gasteiger partial charge is 0.324 e. The van der Waals surface area contributed by atoms with Gasteiger partial charge in [0, 0.05) is 29.8 Å². The van der Waals surface area contributed by atoms with Crippen LogP contribution in [-0.2, 0) is 11.2 Å². The SMILES string of the molecule is O=C(Nc1ccnc(F)c1)[C@@H]1CSc2c(C3CC3)c(Cc3cccc4ccccc34)cc(=O)n21. The summed E-state index contributed by atoms with van der Waals surface area (Å²) in [6, 6.07) is 18.4. The lowest BCUT2D eigenvalue weighted by Gasteiger charge is -2.18. The van der Waals surface area contributed by atoms with Crippen LogP contribution < -0.4 is 10.9 Å². The molecule has 2 aliphatic rings. The number of pyridine rings is 2. The second kappa shape index (κ2) is 8.40. The van der Waals surface area contributed by atoms with E-state index in [1.54, 1.807) is 22.4 Å². The summed E-state index contributed by atoms with van der Waals surface area (Å²) in [5.41, 5.74) is 3.63. The smallest absolute Gasteiger partial charge is 0.252 e. The van der Waals surface area contributed by atoms with Crippen molar-refractivity contribution < 1.29 is 9.18 Å². The quantitative estimate of drug-likeness (QED) is 0.402. The van der Waals surface area contributed by atoms with E-state index in [0.717, 1.165) is 23.4 Å². The number of aromatic nitrogens is 2. The fourth-order valence-electron chi connectivity index (χ4n) is 4.84. The highest BCUT2D eigenvalue weighted by atomic mass is 32.2. The van der Waals surface area contributed by atoms with Crippen LogP contribution in [0.3, 0.4) is 0 Å². The van der Waals surface area contributed by atoms with Crippen molar-refractivity contribution in [2.75, 3.05) is 11.1 Å². The number of carbonyl (C=O) groups excluding carboxylic acids is 1. The van der Waals surface area contributed by atoms with Gasteiger partial charge in [-0.25, -0.2) is 4.98 Å². The van der Waals surface area contributed by atoms with Crippen LogP contribution in [0.4, 0.5) is 10.1 Å². The molecule has 1 amide bonds. The Balaban J connectivity index is 1.38. The summed E-state index contributed by atoms with van der Waals surface area (Å²) in [6.45, 7) is 0. The molecular formula is C27H22FN3O2S. The van der Waals surface area contributed by atoms with Crippen LogP contribution in [0.2, 0.25) is 0 Å². The van der Waals surface area contributed by atoms with Crippen LogP contribution in [0.1, 0.15) is 41.5 Å². The summed E-state index contributed by atoms with van der Waals surface area (Å²) >= 11 is 1.57. The second-order valence-corrected chi connectivity index (χ2v) is 9.88. The van der Waals surface area contributed by atoms with E-state index in [2.05, 4.69) is 40.6 Å². The molecule has 34 heavy (non-hydrogen) atoms. The number of anilines is 1. The van der Waals surface area contributed by atoms with Crippen LogP contribution in [0.5, 0.6) is 0 Å². The maximum absolute atomic E-state index is 13.4. The average Bonchev–Trinajstić information content (AvgIpc) is 3.56. The Bertz CT molecular complexity index is 1490. The molecule has 1 atom stereocenters. The minimum absolute atomic E-state index is 0.166. The van der Waals surface area contributed by atoms with Crippen LogP contribution >= 0.6 is 11.8 Å². The number of halogens is 1. The van der Waals surface area contributed by atoms with Gasteiger partial charge in [-0.3, -0.25) is 14.2 Å². The van der Waals surface area contributed by atoms with Crippen molar-refractivity contribution in [3.63, 3.8) is 0 Å². The molecule has 2 aromatic heterocycles. The molecule has 170 valence electrons. The van der Waals surface area contributed by atoms with Gasteiger partial charge in [-0.2, -0.15) is 4.39 Å². The first-order valence-corrected chi connectivity index (χ1v) is 12.4. The molecule has 1 N–H and O–H groups in total. The number of hydrogen-bond acceptors (Lipinski definition) is 4. The molecule has 0 spiro atoms. The third-order valence-corrected chi connectivity index (χ3v) is 7.74. The topological polar surface area (TPSA) is 64.0 Å². The van der Waals surface area contributed by atoms with E-state index in [1.165, 1.54) is 40.2 Å². The maximum atomic E-state index is 13.4. The molecule has 0 saturated heterocycles. The van der Waals surface area contributed by atoms with Crippen molar-refractivity contribution in [2.45, 2.75) is 36.2 Å². The summed E-state index contributed by atoms with van der Waals surface area (Å²) in [4.78, 5) is 29.9. The van der Waals surface area contributed by atoms with Crippen molar-refractivity contribution >= 4 is 34.1 Å². The molecule has 5 nitrogen and oxygen atoms in total. The van der Waals surface area contributed by atoms with Crippen molar-refractivity contribution in [3.05, 3.63) is 99.9 Å². The van der Waals surface area contributed by atoms with Gasteiger partial charge in [0.05, 0.1) is 5.03 Å². The third kappa shape index (κ3) is 3.80. The molecule has 2 aromatic carbocycles. The normalized spacial score (nSPS) is 17.0. The molecule has 4 aromatic rings. The highest BCUT2D eigenvalue weighted by molar-refractivity contribution is 7.99. The molecule has 1 aliphatic heterocycles. The zero-order valence-electron chi connectivity index (χ0n) is 18.3. The molecule has 3 heterocycles. The predicted molar refractivity (Wildman–Crippen MR) is 132 cm³/mol. The number of rotatable bonds is 5. The lowest BCUT2D eigenvalue weighted by atomic mass is 9.95. The molecule has 0 unspecified atom stereocenters. The first-order valence-electron chi connectivity index (χ1n) is 11.4. The first-order chi connectivity index (χ1) is 16.6. The van der Waals surface area contributed by atoms with Gasteiger partial charge < -0.3 is 5.32 Å². The van der Waals surface area contributed by atoms with Crippen LogP contribution in [0, 0.1) is 5.95 Å². The fraction of sp³-hybridized carbons (Fsp3) is 0.222. The van der Waals surface area contributed by atoms with E-state index >= 15 is 0 Å². The van der Waals surface area contributed by atoms with Gasteiger partial charge in [0.1, 0.15) is 6.04 Å². The second-order valence-electron chi connectivity index (χ2n) is 8.87. The van der Waals surface area contributed by atoms with E-state index in [9.17, 15) is 14.0 Å². The Hall–Kier alpha value is -3.45. The average molecular weight is 472 g/mol. The van der Waals surface area contributed by atoms with E-state index in [1.807, 2.05) is 12.1 Å². The van der Waals surface area contributed by atoms with Gasteiger partial charge in [0.2, 0.25) is 11.9 Å². The van der Waals surface area contributed by atoms with Crippen molar-refractivity contribution in [1.29, 1.82) is 0 Å². The molecule has 7 heteroatoms. The number of amides is 1. The highest BCUT2D eigenvalue weighted by Gasteiger charge is 2.37. The Kier molecular flexibility index (Phi) is 5.21. The molecule has 1 aliphatic carbocycles. The monoisotopic (exact) mass is 471 g/mol. The fourth-order valence-corrected chi connectivity index (χ4v) is 6.27. The molecular weight excluding hydrogens is 449 g/mol. The van der Waals surface area contributed by atoms with E-state index < -0.39 is 12.0 Å². The number of benzene rings is 2. The van der Waals surface area contributed by atoms with Gasteiger partial charge in [-0.05, 0) is 58.7 Å². The van der Waals surface area contributed by atoms with Crippen LogP contribution in [0.15, 0.2) is 76.7 Å². The Morgan fingerprint density at radius 1 is 1.09 bits per heavy atom. The molecule has 1 saturated carbocycles. The summed E-state index contributed by atoms with van der Waals surface area (Å²) < 4.78 is 15.1. The number of nitrogens with zero attached hydrogens (tertiary/aromatic N) is 2. The lowest BCUT2D eigenvalue weighted by Crippen LogP contribution is -2.33. The number of fused-ring (bicyclic) bond motifs is 2. The zero-order valence-corrected chi connectivity index (χ0v) is 19.1. The molecule has 1 fully saturated rings. The molecule has 6 rings (SSSR count).